The van der Waals surface area contributed by atoms with Gasteiger partial charge in [-0.15, -0.1) is 0 Å². The first-order chi connectivity index (χ1) is 7.86. The topological polar surface area (TPSA) is 29.9 Å². The quantitative estimate of drug-likeness (QED) is 0.847. The number of nitrogens with one attached hydrogen (secondary N) is 1. The van der Waals surface area contributed by atoms with Gasteiger partial charge in [-0.3, -0.25) is 0 Å². The molecule has 16 heavy (non-hydrogen) atoms. The van der Waals surface area contributed by atoms with Gasteiger partial charge in [-0.25, -0.2) is 4.98 Å². The lowest BCUT2D eigenvalue weighted by Gasteiger charge is -2.17. The molecule has 1 aromatic heterocycles. The molecule has 0 radical (unpaired) electrons. The van der Waals surface area contributed by atoms with Crippen molar-refractivity contribution in [3.63, 3.8) is 0 Å². The first-order valence-electron chi connectivity index (χ1n) is 5.60. The first-order valence-corrected chi connectivity index (χ1v) is 5.60. The molecule has 0 bridgehead atoms. The molecule has 1 heterocycles. The number of hydrogen-bond acceptors (Lipinski definition) is 2. The Hall–Kier alpha value is -1.61. The van der Waals surface area contributed by atoms with Gasteiger partial charge in [0.2, 0.25) is 0 Å². The van der Waals surface area contributed by atoms with Crippen molar-refractivity contribution < 1.29 is 0 Å². The third-order valence-corrected chi connectivity index (χ3v) is 2.77. The summed E-state index contributed by atoms with van der Waals surface area (Å²) in [4.78, 5) is 4.44. The fourth-order valence-electron chi connectivity index (χ4n) is 1.94. The number of imidazole rings is 1. The van der Waals surface area contributed by atoms with Crippen LogP contribution in [0.25, 0.3) is 0 Å². The molecule has 0 aliphatic carbocycles. The largest absolute Gasteiger partial charge is 0.334 e. The van der Waals surface area contributed by atoms with E-state index in [0.717, 1.165) is 12.4 Å². The molecule has 2 rings (SSSR count). The normalized spacial score (nSPS) is 12.6. The maximum atomic E-state index is 4.44. The third-order valence-electron chi connectivity index (χ3n) is 2.77. The Morgan fingerprint density at radius 1 is 1.31 bits per heavy atom. The number of hydrogen-bond donors (Lipinski definition) is 1. The summed E-state index contributed by atoms with van der Waals surface area (Å²) < 4.78 is 2.16. The van der Waals surface area contributed by atoms with Gasteiger partial charge in [0.15, 0.2) is 0 Å². The van der Waals surface area contributed by atoms with Crippen molar-refractivity contribution in [1.82, 2.24) is 14.9 Å². The van der Waals surface area contributed by atoms with Crippen LogP contribution < -0.4 is 5.32 Å². The van der Waals surface area contributed by atoms with Crippen molar-refractivity contribution in [2.45, 2.75) is 19.5 Å². The van der Waals surface area contributed by atoms with Gasteiger partial charge in [0.1, 0.15) is 5.82 Å². The smallest absolute Gasteiger partial charge is 0.130 e. The third kappa shape index (κ3) is 1.99. The highest BCUT2D eigenvalue weighted by Crippen LogP contribution is 2.19. The monoisotopic (exact) mass is 215 g/mol. The summed E-state index contributed by atoms with van der Waals surface area (Å²) in [5.74, 6) is 1.07. The zero-order valence-electron chi connectivity index (χ0n) is 9.72. The predicted molar refractivity (Wildman–Crippen MR) is 65.2 cm³/mol. The first kappa shape index (κ1) is 10.9. The lowest BCUT2D eigenvalue weighted by Crippen LogP contribution is -2.21. The van der Waals surface area contributed by atoms with Crippen LogP contribution in [0.15, 0.2) is 42.7 Å². The summed E-state index contributed by atoms with van der Waals surface area (Å²) in [7, 11) is 1.96. The molecule has 84 valence electrons. The van der Waals surface area contributed by atoms with Crippen LogP contribution in [0.3, 0.4) is 0 Å². The van der Waals surface area contributed by atoms with E-state index in [4.69, 9.17) is 0 Å². The van der Waals surface area contributed by atoms with Crippen molar-refractivity contribution in [3.8, 4) is 0 Å². The van der Waals surface area contributed by atoms with Gasteiger partial charge in [0.05, 0.1) is 6.04 Å². The molecular weight excluding hydrogens is 198 g/mol. The molecular formula is C13H17N3. The van der Waals surface area contributed by atoms with E-state index in [2.05, 4.69) is 46.1 Å². The molecule has 0 aliphatic rings. The summed E-state index contributed by atoms with van der Waals surface area (Å²) in [6, 6.07) is 10.5. The molecule has 3 nitrogen and oxygen atoms in total. The SMILES string of the molecule is CCn1ccnc1C(NC)c1ccccc1. The molecule has 0 saturated carbocycles. The minimum absolute atomic E-state index is 0.163. The second-order valence-electron chi connectivity index (χ2n) is 3.70. The molecule has 1 aromatic carbocycles. The standard InChI is InChI=1S/C13H17N3/c1-3-16-10-9-15-13(16)12(14-2)11-7-5-4-6-8-11/h4-10,12,14H,3H2,1-2H3. The van der Waals surface area contributed by atoms with E-state index in [9.17, 15) is 0 Å². The van der Waals surface area contributed by atoms with E-state index in [1.54, 1.807) is 0 Å². The predicted octanol–water partition coefficient (Wildman–Crippen LogP) is 2.21. The molecule has 3 heteroatoms. The summed E-state index contributed by atoms with van der Waals surface area (Å²) in [6.07, 6.45) is 3.87. The zero-order valence-corrected chi connectivity index (χ0v) is 9.72. The van der Waals surface area contributed by atoms with Gasteiger partial charge in [0, 0.05) is 18.9 Å². The Bertz CT molecular complexity index is 433. The highest BCUT2D eigenvalue weighted by atomic mass is 15.1. The van der Waals surface area contributed by atoms with Crippen molar-refractivity contribution in [2.24, 2.45) is 0 Å². The minimum Gasteiger partial charge on any atom is -0.334 e. The van der Waals surface area contributed by atoms with Crippen LogP contribution in [0.1, 0.15) is 24.4 Å². The number of benzene rings is 1. The molecule has 0 amide bonds. The van der Waals surface area contributed by atoms with Crippen LogP contribution in [0, 0.1) is 0 Å². The molecule has 0 fully saturated rings. The van der Waals surface area contributed by atoms with Gasteiger partial charge >= 0.3 is 0 Å². The molecule has 0 saturated heterocycles. The van der Waals surface area contributed by atoms with Gasteiger partial charge in [-0.05, 0) is 19.5 Å². The second kappa shape index (κ2) is 4.94. The number of aryl methyl sites for hydroxylation is 1. The fraction of sp³-hybridized carbons (Fsp3) is 0.308. The maximum Gasteiger partial charge on any atom is 0.130 e. The van der Waals surface area contributed by atoms with Crippen molar-refractivity contribution in [3.05, 3.63) is 54.1 Å². The summed E-state index contributed by atoms with van der Waals surface area (Å²) in [5.41, 5.74) is 1.24. The zero-order chi connectivity index (χ0) is 11.4. The van der Waals surface area contributed by atoms with Crippen LogP contribution in [-0.4, -0.2) is 16.6 Å². The summed E-state index contributed by atoms with van der Waals surface area (Å²) in [6.45, 7) is 3.07. The second-order valence-corrected chi connectivity index (χ2v) is 3.70. The summed E-state index contributed by atoms with van der Waals surface area (Å²) in [5, 5.41) is 3.31. The van der Waals surface area contributed by atoms with Crippen molar-refractivity contribution in [2.75, 3.05) is 7.05 Å². The number of nitrogens with zero attached hydrogens (tertiary/aromatic N) is 2. The molecule has 1 N–H and O–H groups in total. The molecule has 0 aliphatic heterocycles. The van der Waals surface area contributed by atoms with Crippen LogP contribution >= 0.6 is 0 Å². The number of aromatic nitrogens is 2. The maximum absolute atomic E-state index is 4.44. The van der Waals surface area contributed by atoms with E-state index in [0.29, 0.717) is 0 Å². The highest BCUT2D eigenvalue weighted by Gasteiger charge is 2.15. The minimum atomic E-state index is 0.163. The average molecular weight is 215 g/mol. The van der Waals surface area contributed by atoms with Gasteiger partial charge in [0.25, 0.3) is 0 Å². The van der Waals surface area contributed by atoms with Gasteiger partial charge in [-0.2, -0.15) is 0 Å². The molecule has 0 spiro atoms. The van der Waals surface area contributed by atoms with E-state index in [-0.39, 0.29) is 6.04 Å². The summed E-state index contributed by atoms with van der Waals surface area (Å²) >= 11 is 0. The van der Waals surface area contributed by atoms with Crippen LogP contribution in [-0.2, 0) is 6.54 Å². The van der Waals surface area contributed by atoms with Crippen molar-refractivity contribution in [1.29, 1.82) is 0 Å². The van der Waals surface area contributed by atoms with E-state index in [1.165, 1.54) is 5.56 Å². The van der Waals surface area contributed by atoms with Gasteiger partial charge in [-0.1, -0.05) is 30.3 Å². The molecule has 1 unspecified atom stereocenters. The van der Waals surface area contributed by atoms with Crippen LogP contribution in [0.5, 0.6) is 0 Å². The van der Waals surface area contributed by atoms with E-state index < -0.39 is 0 Å². The van der Waals surface area contributed by atoms with Crippen LogP contribution in [0.4, 0.5) is 0 Å². The molecule has 2 aromatic rings. The average Bonchev–Trinajstić information content (AvgIpc) is 2.80. The number of rotatable bonds is 4. The Kier molecular flexibility index (Phi) is 3.37. The Morgan fingerprint density at radius 3 is 2.69 bits per heavy atom. The Labute approximate surface area is 96.1 Å². The van der Waals surface area contributed by atoms with Gasteiger partial charge < -0.3 is 9.88 Å². The highest BCUT2D eigenvalue weighted by molar-refractivity contribution is 5.25. The van der Waals surface area contributed by atoms with Crippen molar-refractivity contribution >= 4 is 0 Å². The lowest BCUT2D eigenvalue weighted by molar-refractivity contribution is 0.590. The lowest BCUT2D eigenvalue weighted by atomic mass is 10.1. The fourth-order valence-corrected chi connectivity index (χ4v) is 1.94. The Balaban J connectivity index is 2.37. The van der Waals surface area contributed by atoms with E-state index in [1.807, 2.05) is 25.5 Å². The Morgan fingerprint density at radius 2 is 2.06 bits per heavy atom. The molecule has 1 atom stereocenters. The van der Waals surface area contributed by atoms with Crippen LogP contribution in [0.2, 0.25) is 0 Å². The van der Waals surface area contributed by atoms with E-state index >= 15 is 0 Å².